The van der Waals surface area contributed by atoms with Crippen molar-refractivity contribution in [3.8, 4) is 6.07 Å². The van der Waals surface area contributed by atoms with Crippen molar-refractivity contribution in [2.24, 2.45) is 0 Å². The number of nitrogens with zero attached hydrogens (tertiary/aromatic N) is 2. The number of carbonyl (C=O) groups is 1. The molecule has 1 heterocycles. The number of para-hydroxylation sites is 1. The van der Waals surface area contributed by atoms with Crippen LogP contribution in [-0.2, 0) is 20.6 Å². The van der Waals surface area contributed by atoms with E-state index in [0.717, 1.165) is 10.5 Å². The normalized spacial score (nSPS) is 16.7. The largest absolute Gasteiger partial charge is 0.323 e. The van der Waals surface area contributed by atoms with Crippen molar-refractivity contribution < 1.29 is 18.1 Å². The molecule has 3 rings (SSSR count). The molecule has 1 amide bonds. The Labute approximate surface area is 171 Å². The van der Waals surface area contributed by atoms with Crippen LogP contribution in [0.4, 0.5) is 5.69 Å². The zero-order valence-electron chi connectivity index (χ0n) is 16.3. The molecule has 8 heteroatoms. The summed E-state index contributed by atoms with van der Waals surface area (Å²) >= 11 is 0. The molecule has 1 aliphatic heterocycles. The summed E-state index contributed by atoms with van der Waals surface area (Å²) in [4.78, 5) is 13.7. The summed E-state index contributed by atoms with van der Waals surface area (Å²) in [6.45, 7) is 3.71. The Kier molecular flexibility index (Phi) is 6.64. The zero-order valence-corrected chi connectivity index (χ0v) is 17.2. The number of carbonyl (C=O) groups excluding carboxylic acids is 1. The third-order valence-corrected chi connectivity index (χ3v) is 7.11. The van der Waals surface area contributed by atoms with Gasteiger partial charge >= 0.3 is 0 Å². The van der Waals surface area contributed by atoms with Crippen LogP contribution in [0.3, 0.4) is 0 Å². The SMILES string of the molecule is C[C@@H](C(=O)Nc1ccccc1C#N)[NH+]1CCN(S(=O)(=O)Cc2ccccc2)CC1. The lowest BCUT2D eigenvalue weighted by atomic mass is 10.1. The molecular weight excluding hydrogens is 388 g/mol. The van der Waals surface area contributed by atoms with E-state index in [9.17, 15) is 13.2 Å². The number of nitriles is 1. The van der Waals surface area contributed by atoms with Gasteiger partial charge in [-0.2, -0.15) is 9.57 Å². The Bertz CT molecular complexity index is 994. The number of nitrogens with one attached hydrogen (secondary N) is 2. The van der Waals surface area contributed by atoms with Crippen molar-refractivity contribution in [3.05, 3.63) is 65.7 Å². The lowest BCUT2D eigenvalue weighted by Crippen LogP contribution is -3.19. The van der Waals surface area contributed by atoms with Crippen LogP contribution < -0.4 is 10.2 Å². The van der Waals surface area contributed by atoms with Crippen molar-refractivity contribution in [2.75, 3.05) is 31.5 Å². The molecule has 1 aliphatic rings. The minimum Gasteiger partial charge on any atom is -0.323 e. The first-order chi connectivity index (χ1) is 13.9. The summed E-state index contributed by atoms with van der Waals surface area (Å²) in [5.74, 6) is -0.187. The number of benzene rings is 2. The summed E-state index contributed by atoms with van der Waals surface area (Å²) in [6.07, 6.45) is 0. The number of hydrogen-bond donors (Lipinski definition) is 2. The standard InChI is InChI=1S/C21H24N4O3S/c1-17(21(26)23-20-10-6-5-9-19(20)15-22)24-11-13-25(14-12-24)29(27,28)16-18-7-3-2-4-8-18/h2-10,17H,11-14,16H2,1H3,(H,23,26)/p+1/t17-/m0/s1. The van der Waals surface area contributed by atoms with E-state index in [1.165, 1.54) is 4.31 Å². The first-order valence-electron chi connectivity index (χ1n) is 9.57. The number of anilines is 1. The minimum atomic E-state index is -3.38. The lowest BCUT2D eigenvalue weighted by Gasteiger charge is -2.34. The molecule has 2 N–H and O–H groups in total. The predicted octanol–water partition coefficient (Wildman–Crippen LogP) is 0.616. The number of amides is 1. The van der Waals surface area contributed by atoms with Crippen molar-refractivity contribution in [2.45, 2.75) is 18.7 Å². The summed E-state index contributed by atoms with van der Waals surface area (Å²) in [6, 6.07) is 17.7. The van der Waals surface area contributed by atoms with Gasteiger partial charge < -0.3 is 10.2 Å². The second-order valence-electron chi connectivity index (χ2n) is 7.17. The second-order valence-corrected chi connectivity index (χ2v) is 9.14. The molecule has 0 radical (unpaired) electrons. The summed E-state index contributed by atoms with van der Waals surface area (Å²) in [5.41, 5.74) is 1.68. The topological polar surface area (TPSA) is 94.7 Å². The van der Waals surface area contributed by atoms with Gasteiger partial charge in [-0.25, -0.2) is 8.42 Å². The van der Waals surface area contributed by atoms with Gasteiger partial charge in [-0.15, -0.1) is 0 Å². The van der Waals surface area contributed by atoms with Crippen molar-refractivity contribution >= 4 is 21.6 Å². The highest BCUT2D eigenvalue weighted by molar-refractivity contribution is 7.88. The molecule has 1 saturated heterocycles. The highest BCUT2D eigenvalue weighted by atomic mass is 32.2. The zero-order chi connectivity index (χ0) is 20.9. The van der Waals surface area contributed by atoms with Crippen LogP contribution in [-0.4, -0.2) is 50.9 Å². The summed E-state index contributed by atoms with van der Waals surface area (Å²) in [5, 5.41) is 12.0. The maximum absolute atomic E-state index is 12.7. The monoisotopic (exact) mass is 413 g/mol. The fourth-order valence-electron chi connectivity index (χ4n) is 3.48. The van der Waals surface area contributed by atoms with Gasteiger partial charge in [0.2, 0.25) is 10.0 Å². The Morgan fingerprint density at radius 3 is 2.41 bits per heavy atom. The van der Waals surface area contributed by atoms with Crippen LogP contribution >= 0.6 is 0 Å². The van der Waals surface area contributed by atoms with Crippen molar-refractivity contribution in [1.82, 2.24) is 4.31 Å². The highest BCUT2D eigenvalue weighted by Gasteiger charge is 2.33. The molecule has 2 aromatic rings. The van der Waals surface area contributed by atoms with E-state index in [-0.39, 0.29) is 17.7 Å². The van der Waals surface area contributed by atoms with Gasteiger partial charge in [-0.05, 0) is 24.6 Å². The Morgan fingerprint density at radius 2 is 1.76 bits per heavy atom. The fourth-order valence-corrected chi connectivity index (χ4v) is 5.01. The number of piperazine rings is 1. The summed E-state index contributed by atoms with van der Waals surface area (Å²) in [7, 11) is -3.38. The molecular formula is C21H25N4O3S+. The van der Waals surface area contributed by atoms with Gasteiger partial charge in [-0.1, -0.05) is 42.5 Å². The van der Waals surface area contributed by atoms with Crippen molar-refractivity contribution in [3.63, 3.8) is 0 Å². The molecule has 0 spiro atoms. The third-order valence-electron chi connectivity index (χ3n) is 5.26. The number of quaternary nitrogens is 1. The fraction of sp³-hybridized carbons (Fsp3) is 0.333. The number of sulfonamides is 1. The highest BCUT2D eigenvalue weighted by Crippen LogP contribution is 2.14. The molecule has 1 fully saturated rings. The molecule has 152 valence electrons. The van der Waals surface area contributed by atoms with E-state index in [1.807, 2.05) is 37.3 Å². The van der Waals surface area contributed by atoms with Gasteiger partial charge in [0.05, 0.1) is 43.2 Å². The maximum atomic E-state index is 12.7. The second kappa shape index (κ2) is 9.18. The molecule has 0 aliphatic carbocycles. The average molecular weight is 414 g/mol. The molecule has 2 aromatic carbocycles. The molecule has 0 bridgehead atoms. The first kappa shape index (κ1) is 21.0. The molecule has 29 heavy (non-hydrogen) atoms. The molecule has 0 aromatic heterocycles. The molecule has 0 unspecified atom stereocenters. The van der Waals surface area contributed by atoms with Crippen LogP contribution in [0.5, 0.6) is 0 Å². The van der Waals surface area contributed by atoms with E-state index in [1.54, 1.807) is 24.3 Å². The number of rotatable bonds is 6. The molecule has 1 atom stereocenters. The third kappa shape index (κ3) is 5.21. The lowest BCUT2D eigenvalue weighted by molar-refractivity contribution is -0.917. The van der Waals surface area contributed by atoms with Crippen molar-refractivity contribution in [1.29, 1.82) is 5.26 Å². The Balaban J connectivity index is 1.57. The van der Waals surface area contributed by atoms with Gasteiger partial charge in [0.1, 0.15) is 6.07 Å². The minimum absolute atomic E-state index is 0.00977. The average Bonchev–Trinajstić information content (AvgIpc) is 2.74. The summed E-state index contributed by atoms with van der Waals surface area (Å²) < 4.78 is 26.9. The van der Waals surface area contributed by atoms with Crippen LogP contribution in [0.2, 0.25) is 0 Å². The smallest absolute Gasteiger partial charge is 0.282 e. The van der Waals surface area contributed by atoms with Gasteiger partial charge in [0, 0.05) is 0 Å². The van der Waals surface area contributed by atoms with Gasteiger partial charge in [0.25, 0.3) is 5.91 Å². The number of hydrogen-bond acceptors (Lipinski definition) is 4. The van der Waals surface area contributed by atoms with E-state index >= 15 is 0 Å². The van der Waals surface area contributed by atoms with Gasteiger partial charge in [-0.3, -0.25) is 4.79 Å². The predicted molar refractivity (Wildman–Crippen MR) is 111 cm³/mol. The van der Waals surface area contributed by atoms with E-state index in [0.29, 0.717) is 37.4 Å². The van der Waals surface area contributed by atoms with Gasteiger partial charge in [0.15, 0.2) is 6.04 Å². The van der Waals surface area contributed by atoms with Crippen LogP contribution in [0.1, 0.15) is 18.1 Å². The molecule has 0 saturated carbocycles. The Hall–Kier alpha value is -2.73. The van der Waals surface area contributed by atoms with E-state index in [4.69, 9.17) is 5.26 Å². The van der Waals surface area contributed by atoms with Crippen LogP contribution in [0.15, 0.2) is 54.6 Å². The van der Waals surface area contributed by atoms with Crippen LogP contribution in [0.25, 0.3) is 0 Å². The Morgan fingerprint density at radius 1 is 1.14 bits per heavy atom. The molecule has 7 nitrogen and oxygen atoms in total. The quantitative estimate of drug-likeness (QED) is 0.726. The van der Waals surface area contributed by atoms with E-state index < -0.39 is 10.0 Å². The van der Waals surface area contributed by atoms with E-state index in [2.05, 4.69) is 11.4 Å². The van der Waals surface area contributed by atoms with Crippen LogP contribution in [0, 0.1) is 11.3 Å². The maximum Gasteiger partial charge on any atom is 0.282 e. The first-order valence-corrected chi connectivity index (χ1v) is 11.2.